The van der Waals surface area contributed by atoms with Gasteiger partial charge in [-0.15, -0.1) is 0 Å². The molecule has 0 bridgehead atoms. The zero-order valence-corrected chi connectivity index (χ0v) is 28.6. The third-order valence-electron chi connectivity index (χ3n) is 9.97. The van der Waals surface area contributed by atoms with E-state index < -0.39 is 0 Å². The number of furan rings is 1. The molecular weight excluding hydrogens is 647 g/mol. The predicted molar refractivity (Wildman–Crippen MR) is 217 cm³/mol. The smallest absolute Gasteiger partial charge is 0.164 e. The number of benzene rings is 8. The maximum absolute atomic E-state index is 6.66. The van der Waals surface area contributed by atoms with Gasteiger partial charge in [0.25, 0.3) is 0 Å². The quantitative estimate of drug-likeness (QED) is 0.176. The second-order valence-corrected chi connectivity index (χ2v) is 13.2. The van der Waals surface area contributed by atoms with Crippen LogP contribution in [0.4, 0.5) is 0 Å². The normalized spacial score (nSPS) is 11.4. The van der Waals surface area contributed by atoms with E-state index in [1.807, 2.05) is 24.3 Å². The fourth-order valence-electron chi connectivity index (χ4n) is 7.33. The molecule has 0 saturated carbocycles. The van der Waals surface area contributed by atoms with Crippen molar-refractivity contribution in [1.29, 1.82) is 0 Å². The number of nitrogens with zero attached hydrogens (tertiary/aromatic N) is 3. The van der Waals surface area contributed by atoms with E-state index in [9.17, 15) is 0 Å². The molecule has 0 spiro atoms. The van der Waals surface area contributed by atoms with Crippen molar-refractivity contribution in [2.75, 3.05) is 0 Å². The van der Waals surface area contributed by atoms with Crippen molar-refractivity contribution in [2.45, 2.75) is 0 Å². The van der Waals surface area contributed by atoms with E-state index in [1.165, 1.54) is 0 Å². The lowest BCUT2D eigenvalue weighted by Crippen LogP contribution is -2.01. The minimum atomic E-state index is 0.605. The van der Waals surface area contributed by atoms with E-state index in [0.717, 1.165) is 82.8 Å². The highest BCUT2D eigenvalue weighted by molar-refractivity contribution is 6.19. The Morgan fingerprint density at radius 3 is 1.47 bits per heavy atom. The lowest BCUT2D eigenvalue weighted by Gasteiger charge is -2.13. The molecule has 0 atom stereocenters. The summed E-state index contributed by atoms with van der Waals surface area (Å²) < 4.78 is 6.66. The van der Waals surface area contributed by atoms with Gasteiger partial charge in [-0.25, -0.2) is 15.0 Å². The summed E-state index contributed by atoms with van der Waals surface area (Å²) in [6.07, 6.45) is 0. The summed E-state index contributed by atoms with van der Waals surface area (Å²) in [6, 6.07) is 65.0. The molecule has 0 unspecified atom stereocenters. The molecule has 0 N–H and O–H groups in total. The van der Waals surface area contributed by atoms with Gasteiger partial charge in [0.05, 0.1) is 0 Å². The van der Waals surface area contributed by atoms with Gasteiger partial charge in [-0.05, 0) is 57.0 Å². The first kappa shape index (κ1) is 30.6. The fraction of sp³-hybridized carbons (Fsp3) is 0. The Morgan fingerprint density at radius 1 is 0.283 bits per heavy atom. The Kier molecular flexibility index (Phi) is 7.43. The van der Waals surface area contributed by atoms with Crippen molar-refractivity contribution >= 4 is 32.7 Å². The van der Waals surface area contributed by atoms with Crippen LogP contribution in [0.5, 0.6) is 0 Å². The SMILES string of the molecule is c1ccc(-c2ccc(-c3nc(-c4ccccc4-c4ccccc4)nc(-c4cc5c6ccc(-c7ccccc7)cc6oc5c5ccccc45)n3)cc2)cc1. The Morgan fingerprint density at radius 2 is 0.774 bits per heavy atom. The topological polar surface area (TPSA) is 51.8 Å². The molecule has 4 nitrogen and oxygen atoms in total. The molecule has 248 valence electrons. The first-order valence-electron chi connectivity index (χ1n) is 17.8. The van der Waals surface area contributed by atoms with Crippen molar-refractivity contribution in [3.05, 3.63) is 188 Å². The van der Waals surface area contributed by atoms with Gasteiger partial charge in [0, 0.05) is 32.8 Å². The molecular formula is C49H31N3O. The summed E-state index contributed by atoms with van der Waals surface area (Å²) >= 11 is 0. The van der Waals surface area contributed by atoms with Crippen molar-refractivity contribution < 1.29 is 4.42 Å². The van der Waals surface area contributed by atoms with Gasteiger partial charge in [-0.2, -0.15) is 0 Å². The van der Waals surface area contributed by atoms with Crippen LogP contribution in [0.2, 0.25) is 0 Å². The van der Waals surface area contributed by atoms with E-state index in [0.29, 0.717) is 17.5 Å². The van der Waals surface area contributed by atoms with Crippen molar-refractivity contribution in [1.82, 2.24) is 15.0 Å². The summed E-state index contributed by atoms with van der Waals surface area (Å²) in [6.45, 7) is 0. The first-order chi connectivity index (χ1) is 26.3. The summed E-state index contributed by atoms with van der Waals surface area (Å²) in [5, 5.41) is 4.10. The molecule has 0 aliphatic rings. The largest absolute Gasteiger partial charge is 0.455 e. The van der Waals surface area contributed by atoms with Crippen LogP contribution in [0, 0.1) is 0 Å². The van der Waals surface area contributed by atoms with Crippen LogP contribution in [0.1, 0.15) is 0 Å². The standard InChI is InChI=1S/C49H31N3O/c1-4-14-32(15-5-1)34-24-26-36(27-25-34)47-50-48(42-23-13-10-20-38(42)35-18-8-3-9-19-35)52-49(51-47)44-31-43-40-29-28-37(33-16-6-2-7-17-33)30-45(40)53-46(43)41-22-12-11-21-39(41)44/h1-31H. The van der Waals surface area contributed by atoms with Gasteiger partial charge in [0.15, 0.2) is 17.5 Å². The van der Waals surface area contributed by atoms with E-state index in [-0.39, 0.29) is 0 Å². The average Bonchev–Trinajstić information content (AvgIpc) is 3.62. The monoisotopic (exact) mass is 677 g/mol. The molecule has 2 heterocycles. The van der Waals surface area contributed by atoms with Crippen molar-refractivity contribution in [3.63, 3.8) is 0 Å². The van der Waals surface area contributed by atoms with Crippen LogP contribution in [0.25, 0.3) is 100 Å². The summed E-state index contributed by atoms with van der Waals surface area (Å²) in [4.78, 5) is 15.7. The number of hydrogen-bond acceptors (Lipinski definition) is 4. The molecule has 0 saturated heterocycles. The second-order valence-electron chi connectivity index (χ2n) is 13.2. The number of fused-ring (bicyclic) bond motifs is 5. The van der Waals surface area contributed by atoms with Gasteiger partial charge >= 0.3 is 0 Å². The highest BCUT2D eigenvalue weighted by Crippen LogP contribution is 2.41. The van der Waals surface area contributed by atoms with E-state index in [1.54, 1.807) is 0 Å². The van der Waals surface area contributed by atoms with Crippen LogP contribution in [-0.2, 0) is 0 Å². The molecule has 0 aliphatic carbocycles. The molecule has 0 fully saturated rings. The van der Waals surface area contributed by atoms with E-state index in [2.05, 4.69) is 164 Å². The molecule has 4 heteroatoms. The second kappa shape index (κ2) is 12.9. The maximum Gasteiger partial charge on any atom is 0.164 e. The molecule has 0 amide bonds. The van der Waals surface area contributed by atoms with E-state index in [4.69, 9.17) is 19.4 Å². The Bertz CT molecular complexity index is 2920. The molecule has 0 radical (unpaired) electrons. The van der Waals surface area contributed by atoms with Gasteiger partial charge in [0.2, 0.25) is 0 Å². The predicted octanol–water partition coefficient (Wildman–Crippen LogP) is 12.9. The highest BCUT2D eigenvalue weighted by atomic mass is 16.3. The lowest BCUT2D eigenvalue weighted by atomic mass is 9.98. The van der Waals surface area contributed by atoms with Gasteiger partial charge in [0.1, 0.15) is 11.2 Å². The Balaban J connectivity index is 1.20. The summed E-state index contributed by atoms with van der Waals surface area (Å²) in [5.74, 6) is 1.83. The van der Waals surface area contributed by atoms with Crippen LogP contribution in [0.3, 0.4) is 0 Å². The van der Waals surface area contributed by atoms with Crippen LogP contribution >= 0.6 is 0 Å². The maximum atomic E-state index is 6.66. The minimum Gasteiger partial charge on any atom is -0.455 e. The van der Waals surface area contributed by atoms with Gasteiger partial charge < -0.3 is 4.42 Å². The van der Waals surface area contributed by atoms with Crippen LogP contribution < -0.4 is 0 Å². The molecule has 0 aliphatic heterocycles. The Labute approximate surface area is 306 Å². The van der Waals surface area contributed by atoms with Crippen molar-refractivity contribution in [3.8, 4) is 67.5 Å². The zero-order valence-electron chi connectivity index (χ0n) is 28.6. The third-order valence-corrected chi connectivity index (χ3v) is 9.97. The zero-order chi connectivity index (χ0) is 35.1. The molecule has 10 aromatic rings. The van der Waals surface area contributed by atoms with Crippen molar-refractivity contribution in [2.24, 2.45) is 0 Å². The Hall–Kier alpha value is -7.17. The average molecular weight is 678 g/mol. The van der Waals surface area contributed by atoms with Gasteiger partial charge in [-0.3, -0.25) is 0 Å². The van der Waals surface area contributed by atoms with E-state index >= 15 is 0 Å². The highest BCUT2D eigenvalue weighted by Gasteiger charge is 2.20. The molecule has 10 rings (SSSR count). The van der Waals surface area contributed by atoms with Gasteiger partial charge in [-0.1, -0.05) is 170 Å². The summed E-state index contributed by atoms with van der Waals surface area (Å²) in [5.41, 5.74) is 11.2. The number of aromatic nitrogens is 3. The molecule has 53 heavy (non-hydrogen) atoms. The fourth-order valence-corrected chi connectivity index (χ4v) is 7.33. The molecule has 8 aromatic carbocycles. The first-order valence-corrected chi connectivity index (χ1v) is 17.8. The summed E-state index contributed by atoms with van der Waals surface area (Å²) in [7, 11) is 0. The third kappa shape index (κ3) is 5.54. The molecule has 2 aromatic heterocycles. The minimum absolute atomic E-state index is 0.605. The number of hydrogen-bond donors (Lipinski definition) is 0. The number of rotatable bonds is 6. The van der Waals surface area contributed by atoms with Crippen LogP contribution in [-0.4, -0.2) is 15.0 Å². The lowest BCUT2D eigenvalue weighted by molar-refractivity contribution is 0.673. The van der Waals surface area contributed by atoms with Crippen LogP contribution in [0.15, 0.2) is 192 Å².